The van der Waals surface area contributed by atoms with Gasteiger partial charge in [0, 0.05) is 17.3 Å². The monoisotopic (exact) mass is 279 g/mol. The van der Waals surface area contributed by atoms with Crippen LogP contribution in [0.15, 0.2) is 36.5 Å². The van der Waals surface area contributed by atoms with Crippen molar-refractivity contribution in [1.29, 1.82) is 0 Å². The summed E-state index contributed by atoms with van der Waals surface area (Å²) in [4.78, 5) is 4.04. The lowest BCUT2D eigenvalue weighted by atomic mass is 9.98. The van der Waals surface area contributed by atoms with E-state index >= 15 is 0 Å². The van der Waals surface area contributed by atoms with Crippen LogP contribution < -0.4 is 11.1 Å². The standard InChI is InChI=1S/C14H15ClFN3/c1-2-18-13(10-6-4-8-19-14(10)17)9-5-3-7-11(15)12(9)16/h3-8,13,18H,2H2,1H3,(H2,17,19). The van der Waals surface area contributed by atoms with Crippen LogP contribution in [0.1, 0.15) is 24.1 Å². The van der Waals surface area contributed by atoms with Gasteiger partial charge in [0.2, 0.25) is 0 Å². The zero-order chi connectivity index (χ0) is 13.8. The molecule has 0 aliphatic heterocycles. The zero-order valence-corrected chi connectivity index (χ0v) is 11.3. The second kappa shape index (κ2) is 5.99. The lowest BCUT2D eigenvalue weighted by Crippen LogP contribution is -2.24. The molecule has 0 aliphatic rings. The van der Waals surface area contributed by atoms with Gasteiger partial charge in [0.15, 0.2) is 0 Å². The number of nitrogen functional groups attached to an aromatic ring is 1. The molecule has 1 unspecified atom stereocenters. The van der Waals surface area contributed by atoms with Gasteiger partial charge in [-0.15, -0.1) is 0 Å². The highest BCUT2D eigenvalue weighted by atomic mass is 35.5. The number of aromatic nitrogens is 1. The fourth-order valence-corrected chi connectivity index (χ4v) is 2.19. The highest BCUT2D eigenvalue weighted by molar-refractivity contribution is 6.30. The maximum absolute atomic E-state index is 14.2. The van der Waals surface area contributed by atoms with Gasteiger partial charge in [-0.05, 0) is 18.7 Å². The number of nitrogens with two attached hydrogens (primary N) is 1. The molecule has 2 aromatic rings. The van der Waals surface area contributed by atoms with Gasteiger partial charge in [-0.25, -0.2) is 9.37 Å². The molecule has 5 heteroatoms. The number of rotatable bonds is 4. The Balaban J connectivity index is 2.52. The average Bonchev–Trinajstić information content (AvgIpc) is 2.41. The van der Waals surface area contributed by atoms with E-state index in [2.05, 4.69) is 10.3 Å². The Labute approximate surface area is 116 Å². The SMILES string of the molecule is CCNC(c1cccnc1N)c1cccc(Cl)c1F. The fourth-order valence-electron chi connectivity index (χ4n) is 2.01. The van der Waals surface area contributed by atoms with Crippen LogP contribution in [0.4, 0.5) is 10.2 Å². The summed E-state index contributed by atoms with van der Waals surface area (Å²) in [7, 11) is 0. The highest BCUT2D eigenvalue weighted by Gasteiger charge is 2.20. The molecule has 100 valence electrons. The molecule has 0 fully saturated rings. The Bertz CT molecular complexity index is 574. The molecule has 19 heavy (non-hydrogen) atoms. The number of pyridine rings is 1. The molecule has 2 rings (SSSR count). The molecular weight excluding hydrogens is 265 g/mol. The van der Waals surface area contributed by atoms with Crippen molar-refractivity contribution in [2.24, 2.45) is 0 Å². The third kappa shape index (κ3) is 2.85. The minimum Gasteiger partial charge on any atom is -0.383 e. The van der Waals surface area contributed by atoms with Crippen molar-refractivity contribution < 1.29 is 4.39 Å². The third-order valence-corrected chi connectivity index (χ3v) is 3.17. The van der Waals surface area contributed by atoms with E-state index in [1.807, 2.05) is 13.0 Å². The van der Waals surface area contributed by atoms with Gasteiger partial charge in [0.1, 0.15) is 11.6 Å². The minimum atomic E-state index is -0.432. The zero-order valence-electron chi connectivity index (χ0n) is 10.5. The second-order valence-corrected chi connectivity index (χ2v) is 4.52. The first-order valence-corrected chi connectivity index (χ1v) is 6.40. The molecule has 0 spiro atoms. The van der Waals surface area contributed by atoms with Crippen LogP contribution in [0.3, 0.4) is 0 Å². The van der Waals surface area contributed by atoms with Gasteiger partial charge in [0.05, 0.1) is 11.1 Å². The molecule has 1 atom stereocenters. The van der Waals surface area contributed by atoms with Crippen LogP contribution in [0.25, 0.3) is 0 Å². The van der Waals surface area contributed by atoms with Gasteiger partial charge in [-0.1, -0.05) is 36.7 Å². The Morgan fingerprint density at radius 3 is 2.74 bits per heavy atom. The topological polar surface area (TPSA) is 50.9 Å². The summed E-state index contributed by atoms with van der Waals surface area (Å²) in [6.07, 6.45) is 1.61. The number of benzene rings is 1. The molecule has 3 nitrogen and oxygen atoms in total. The van der Waals surface area contributed by atoms with E-state index in [4.69, 9.17) is 17.3 Å². The molecule has 0 saturated carbocycles. The minimum absolute atomic E-state index is 0.0999. The van der Waals surface area contributed by atoms with Crippen molar-refractivity contribution in [2.75, 3.05) is 12.3 Å². The summed E-state index contributed by atoms with van der Waals surface area (Å²) >= 11 is 5.84. The normalized spacial score (nSPS) is 12.4. The first-order chi connectivity index (χ1) is 9.15. The van der Waals surface area contributed by atoms with E-state index in [1.165, 1.54) is 6.07 Å². The Morgan fingerprint density at radius 1 is 1.32 bits per heavy atom. The second-order valence-electron chi connectivity index (χ2n) is 4.11. The van der Waals surface area contributed by atoms with Gasteiger partial charge in [0.25, 0.3) is 0 Å². The summed E-state index contributed by atoms with van der Waals surface area (Å²) in [5.41, 5.74) is 7.08. The highest BCUT2D eigenvalue weighted by Crippen LogP contribution is 2.30. The third-order valence-electron chi connectivity index (χ3n) is 2.88. The predicted octanol–water partition coefficient (Wildman–Crippen LogP) is 3.16. The molecule has 0 saturated heterocycles. The van der Waals surface area contributed by atoms with E-state index in [1.54, 1.807) is 24.4 Å². The first kappa shape index (κ1) is 13.8. The van der Waals surface area contributed by atoms with Crippen molar-refractivity contribution in [1.82, 2.24) is 10.3 Å². The first-order valence-electron chi connectivity index (χ1n) is 6.02. The van der Waals surface area contributed by atoms with Crippen molar-refractivity contribution in [2.45, 2.75) is 13.0 Å². The molecule has 0 aliphatic carbocycles. The number of hydrogen-bond donors (Lipinski definition) is 2. The van der Waals surface area contributed by atoms with Crippen molar-refractivity contribution in [3.05, 3.63) is 58.5 Å². The van der Waals surface area contributed by atoms with Gasteiger partial charge >= 0.3 is 0 Å². The van der Waals surface area contributed by atoms with E-state index in [-0.39, 0.29) is 11.1 Å². The quantitative estimate of drug-likeness (QED) is 0.904. The Hall–Kier alpha value is -1.65. The van der Waals surface area contributed by atoms with E-state index < -0.39 is 5.82 Å². The molecule has 1 aromatic carbocycles. The Kier molecular flexibility index (Phi) is 4.35. The molecule has 3 N–H and O–H groups in total. The summed E-state index contributed by atoms with van der Waals surface area (Å²) < 4.78 is 14.2. The van der Waals surface area contributed by atoms with Crippen molar-refractivity contribution in [3.8, 4) is 0 Å². The van der Waals surface area contributed by atoms with E-state index in [9.17, 15) is 4.39 Å². The lowest BCUT2D eigenvalue weighted by molar-refractivity contribution is 0.559. The summed E-state index contributed by atoms with van der Waals surface area (Å²) in [6.45, 7) is 2.62. The number of hydrogen-bond acceptors (Lipinski definition) is 3. The van der Waals surface area contributed by atoms with Crippen LogP contribution in [0.5, 0.6) is 0 Å². The summed E-state index contributed by atoms with van der Waals surface area (Å²) in [6, 6.07) is 8.18. The molecule has 1 aromatic heterocycles. The van der Waals surface area contributed by atoms with E-state index in [0.29, 0.717) is 17.9 Å². The van der Waals surface area contributed by atoms with E-state index in [0.717, 1.165) is 5.56 Å². The van der Waals surface area contributed by atoms with Gasteiger partial charge in [-0.3, -0.25) is 0 Å². The average molecular weight is 280 g/mol. The molecule has 0 bridgehead atoms. The van der Waals surface area contributed by atoms with Crippen LogP contribution in [-0.4, -0.2) is 11.5 Å². The van der Waals surface area contributed by atoms with Gasteiger partial charge < -0.3 is 11.1 Å². The van der Waals surface area contributed by atoms with Crippen LogP contribution in [0.2, 0.25) is 5.02 Å². The Morgan fingerprint density at radius 2 is 2.05 bits per heavy atom. The maximum atomic E-state index is 14.2. The van der Waals surface area contributed by atoms with Gasteiger partial charge in [-0.2, -0.15) is 0 Å². The molecule has 0 radical (unpaired) electrons. The van der Waals surface area contributed by atoms with Crippen LogP contribution in [0, 0.1) is 5.82 Å². The summed E-state index contributed by atoms with van der Waals surface area (Å²) in [5, 5.41) is 3.31. The number of nitrogens with zero attached hydrogens (tertiary/aromatic N) is 1. The van der Waals surface area contributed by atoms with Crippen molar-refractivity contribution in [3.63, 3.8) is 0 Å². The maximum Gasteiger partial charge on any atom is 0.146 e. The molecular formula is C14H15ClFN3. The molecule has 0 amide bonds. The molecule has 1 heterocycles. The lowest BCUT2D eigenvalue weighted by Gasteiger charge is -2.20. The number of halogens is 2. The fraction of sp³-hybridized carbons (Fsp3) is 0.214. The number of nitrogens with one attached hydrogen (secondary N) is 1. The number of anilines is 1. The predicted molar refractivity (Wildman–Crippen MR) is 75.6 cm³/mol. The van der Waals surface area contributed by atoms with Crippen LogP contribution >= 0.6 is 11.6 Å². The smallest absolute Gasteiger partial charge is 0.146 e. The van der Waals surface area contributed by atoms with Crippen molar-refractivity contribution >= 4 is 17.4 Å². The largest absolute Gasteiger partial charge is 0.383 e. The van der Waals surface area contributed by atoms with Crippen LogP contribution in [-0.2, 0) is 0 Å². The summed E-state index contributed by atoms with van der Waals surface area (Å²) in [5.74, 6) is -0.0498.